The van der Waals surface area contributed by atoms with E-state index in [-0.39, 0.29) is 11.2 Å². The number of rotatable bonds is 7. The van der Waals surface area contributed by atoms with Gasteiger partial charge in [0.05, 0.1) is 11.9 Å². The van der Waals surface area contributed by atoms with Gasteiger partial charge in [-0.15, -0.1) is 10.2 Å². The third-order valence-electron chi connectivity index (χ3n) is 4.11. The van der Waals surface area contributed by atoms with Crippen molar-refractivity contribution in [3.8, 4) is 17.2 Å². The number of thioether (sulfide) groups is 1. The number of hydrogen-bond donors (Lipinski definition) is 1. The Morgan fingerprint density at radius 2 is 1.93 bits per heavy atom. The predicted molar refractivity (Wildman–Crippen MR) is 111 cm³/mol. The molecule has 1 N–H and O–H groups in total. The van der Waals surface area contributed by atoms with Crippen molar-refractivity contribution in [2.45, 2.75) is 38.2 Å². The Kier molecular flexibility index (Phi) is 6.36. The summed E-state index contributed by atoms with van der Waals surface area (Å²) in [6.45, 7) is 8.36. The van der Waals surface area contributed by atoms with Crippen LogP contribution in [0.25, 0.3) is 11.5 Å². The maximum absolute atomic E-state index is 12.5. The maximum atomic E-state index is 12.5. The fraction of sp³-hybridized carbons (Fsp3) is 0.286. The van der Waals surface area contributed by atoms with Gasteiger partial charge in [-0.2, -0.15) is 0 Å². The number of nitrogens with zero attached hydrogens (tertiary/aromatic N) is 2. The normalized spacial score (nSPS) is 11.9. The molecule has 1 amide bonds. The van der Waals surface area contributed by atoms with E-state index in [1.165, 1.54) is 11.8 Å². The number of ether oxygens (including phenoxy) is 1. The molecule has 1 atom stereocenters. The van der Waals surface area contributed by atoms with E-state index in [9.17, 15) is 4.79 Å². The van der Waals surface area contributed by atoms with E-state index in [0.29, 0.717) is 17.7 Å². The second-order valence-electron chi connectivity index (χ2n) is 6.40. The van der Waals surface area contributed by atoms with Gasteiger partial charge in [0, 0.05) is 11.3 Å². The highest BCUT2D eigenvalue weighted by Gasteiger charge is 2.19. The molecule has 0 aliphatic rings. The Labute approximate surface area is 168 Å². The van der Waals surface area contributed by atoms with Crippen LogP contribution in [0.2, 0.25) is 0 Å². The number of aryl methyl sites for hydroxylation is 2. The van der Waals surface area contributed by atoms with Gasteiger partial charge < -0.3 is 14.5 Å². The molecule has 0 saturated carbocycles. The Bertz CT molecular complexity index is 954. The number of benzene rings is 2. The molecule has 146 valence electrons. The summed E-state index contributed by atoms with van der Waals surface area (Å²) in [6, 6.07) is 13.4. The lowest BCUT2D eigenvalue weighted by Gasteiger charge is -2.12. The van der Waals surface area contributed by atoms with E-state index >= 15 is 0 Å². The first-order valence-electron chi connectivity index (χ1n) is 9.07. The number of carbonyl (C=O) groups excluding carboxylic acids is 1. The zero-order valence-corrected chi connectivity index (χ0v) is 17.2. The lowest BCUT2D eigenvalue weighted by atomic mass is 10.1. The highest BCUT2D eigenvalue weighted by Crippen LogP contribution is 2.28. The molecule has 0 aliphatic carbocycles. The predicted octanol–water partition coefficient (Wildman–Crippen LogP) is 4.87. The number of amides is 1. The molecule has 0 radical (unpaired) electrons. The van der Waals surface area contributed by atoms with Gasteiger partial charge in [0.15, 0.2) is 0 Å². The molecule has 1 heterocycles. The molecule has 0 saturated heterocycles. The number of hydrogen-bond acceptors (Lipinski definition) is 6. The van der Waals surface area contributed by atoms with Crippen LogP contribution in [0, 0.1) is 13.8 Å². The molecule has 7 heteroatoms. The minimum Gasteiger partial charge on any atom is -0.494 e. The van der Waals surface area contributed by atoms with E-state index in [4.69, 9.17) is 9.15 Å². The second-order valence-corrected chi connectivity index (χ2v) is 7.69. The van der Waals surface area contributed by atoms with Crippen molar-refractivity contribution in [1.29, 1.82) is 0 Å². The van der Waals surface area contributed by atoms with Gasteiger partial charge >= 0.3 is 0 Å². The molecule has 0 spiro atoms. The van der Waals surface area contributed by atoms with Gasteiger partial charge in [-0.05, 0) is 63.6 Å². The van der Waals surface area contributed by atoms with Gasteiger partial charge in [0.25, 0.3) is 5.22 Å². The highest BCUT2D eigenvalue weighted by molar-refractivity contribution is 8.00. The Morgan fingerprint density at radius 3 is 2.61 bits per heavy atom. The summed E-state index contributed by atoms with van der Waals surface area (Å²) in [5.41, 5.74) is 3.80. The number of nitrogens with one attached hydrogen (secondary N) is 1. The van der Waals surface area contributed by atoms with Crippen molar-refractivity contribution in [2.24, 2.45) is 0 Å². The minimum absolute atomic E-state index is 0.113. The first-order valence-corrected chi connectivity index (χ1v) is 9.95. The molecular formula is C21H23N3O3S. The van der Waals surface area contributed by atoms with Crippen LogP contribution in [0.15, 0.2) is 52.1 Å². The molecule has 2 aromatic carbocycles. The fourth-order valence-electron chi connectivity index (χ4n) is 2.63. The Morgan fingerprint density at radius 1 is 1.18 bits per heavy atom. The van der Waals surface area contributed by atoms with Gasteiger partial charge in [0.2, 0.25) is 11.8 Å². The molecule has 0 fully saturated rings. The highest BCUT2D eigenvalue weighted by atomic mass is 32.2. The van der Waals surface area contributed by atoms with Gasteiger partial charge in [-0.3, -0.25) is 4.79 Å². The summed E-state index contributed by atoms with van der Waals surface area (Å²) in [5.74, 6) is 1.09. The number of anilines is 1. The van der Waals surface area contributed by atoms with Crippen LogP contribution in [0.4, 0.5) is 5.69 Å². The molecule has 0 unspecified atom stereocenters. The zero-order valence-electron chi connectivity index (χ0n) is 16.4. The van der Waals surface area contributed by atoms with Crippen LogP contribution in [0.1, 0.15) is 25.0 Å². The smallest absolute Gasteiger partial charge is 0.277 e. The van der Waals surface area contributed by atoms with Crippen LogP contribution in [-0.2, 0) is 4.79 Å². The molecule has 3 rings (SSSR count). The third kappa shape index (κ3) is 4.92. The summed E-state index contributed by atoms with van der Waals surface area (Å²) in [4.78, 5) is 12.5. The molecule has 3 aromatic rings. The first kappa shape index (κ1) is 19.9. The van der Waals surface area contributed by atoms with E-state index in [0.717, 1.165) is 28.1 Å². The average molecular weight is 398 g/mol. The molecule has 0 bridgehead atoms. The average Bonchev–Trinajstić information content (AvgIpc) is 3.13. The number of aromatic nitrogens is 2. The van der Waals surface area contributed by atoms with E-state index < -0.39 is 0 Å². The van der Waals surface area contributed by atoms with Crippen molar-refractivity contribution in [3.63, 3.8) is 0 Å². The monoisotopic (exact) mass is 397 g/mol. The van der Waals surface area contributed by atoms with Gasteiger partial charge in [-0.25, -0.2) is 0 Å². The quantitative estimate of drug-likeness (QED) is 0.573. The summed E-state index contributed by atoms with van der Waals surface area (Å²) < 4.78 is 11.1. The lowest BCUT2D eigenvalue weighted by Crippen LogP contribution is -2.22. The molecule has 0 aliphatic heterocycles. The second kappa shape index (κ2) is 8.93. The summed E-state index contributed by atoms with van der Waals surface area (Å²) in [6.07, 6.45) is 0. The summed E-state index contributed by atoms with van der Waals surface area (Å²) in [5, 5.41) is 11.0. The maximum Gasteiger partial charge on any atom is 0.277 e. The molecule has 6 nitrogen and oxygen atoms in total. The van der Waals surface area contributed by atoms with Crippen LogP contribution in [0.3, 0.4) is 0 Å². The van der Waals surface area contributed by atoms with E-state index in [1.54, 1.807) is 0 Å². The fourth-order valence-corrected chi connectivity index (χ4v) is 3.31. The molecule has 1 aromatic heterocycles. The third-order valence-corrected chi connectivity index (χ3v) is 5.04. The van der Waals surface area contributed by atoms with Crippen molar-refractivity contribution in [3.05, 3.63) is 53.6 Å². The molecule has 28 heavy (non-hydrogen) atoms. The summed E-state index contributed by atoms with van der Waals surface area (Å²) in [7, 11) is 0. The SMILES string of the molecule is CCOc1ccc(-c2nnc(S[C@H](C)C(=O)Nc3ccc(C)cc3C)o2)cc1. The van der Waals surface area contributed by atoms with Crippen molar-refractivity contribution >= 4 is 23.4 Å². The van der Waals surface area contributed by atoms with Gasteiger partial charge in [0.1, 0.15) is 5.75 Å². The van der Waals surface area contributed by atoms with E-state index in [1.807, 2.05) is 70.2 Å². The standard InChI is InChI=1S/C21H23N3O3S/c1-5-26-17-9-7-16(8-10-17)20-23-24-21(27-20)28-15(4)19(25)22-18-11-6-13(2)12-14(18)3/h6-12,15H,5H2,1-4H3,(H,22,25)/t15-/m1/s1. The summed E-state index contributed by atoms with van der Waals surface area (Å²) >= 11 is 1.23. The van der Waals surface area contributed by atoms with Crippen LogP contribution < -0.4 is 10.1 Å². The zero-order chi connectivity index (χ0) is 20.1. The Hall–Kier alpha value is -2.80. The minimum atomic E-state index is -0.380. The topological polar surface area (TPSA) is 77.2 Å². The van der Waals surface area contributed by atoms with Crippen LogP contribution in [-0.4, -0.2) is 28.0 Å². The van der Waals surface area contributed by atoms with Crippen molar-refractivity contribution in [2.75, 3.05) is 11.9 Å². The van der Waals surface area contributed by atoms with Gasteiger partial charge in [-0.1, -0.05) is 29.5 Å². The Balaban J connectivity index is 1.62. The van der Waals surface area contributed by atoms with Crippen molar-refractivity contribution in [1.82, 2.24) is 10.2 Å². The first-order chi connectivity index (χ1) is 13.5. The number of carbonyl (C=O) groups is 1. The largest absolute Gasteiger partial charge is 0.494 e. The van der Waals surface area contributed by atoms with Crippen LogP contribution >= 0.6 is 11.8 Å². The lowest BCUT2D eigenvalue weighted by molar-refractivity contribution is -0.115. The van der Waals surface area contributed by atoms with E-state index in [2.05, 4.69) is 15.5 Å². The van der Waals surface area contributed by atoms with Crippen LogP contribution in [0.5, 0.6) is 5.75 Å². The molecular weight excluding hydrogens is 374 g/mol. The van der Waals surface area contributed by atoms with Crippen molar-refractivity contribution < 1.29 is 13.9 Å².